The van der Waals surface area contributed by atoms with Crippen molar-refractivity contribution in [3.63, 3.8) is 0 Å². The third-order valence-electron chi connectivity index (χ3n) is 10.7. The highest BCUT2D eigenvalue weighted by Gasteiger charge is 2.46. The Morgan fingerprint density at radius 3 is 2.44 bits per heavy atom. The first-order chi connectivity index (χ1) is 24.3. The van der Waals surface area contributed by atoms with Gasteiger partial charge >= 0.3 is 5.97 Å². The average Bonchev–Trinajstić information content (AvgIpc) is 3.65. The van der Waals surface area contributed by atoms with Gasteiger partial charge in [0.15, 0.2) is 12.6 Å². The van der Waals surface area contributed by atoms with E-state index in [4.69, 9.17) is 28.4 Å². The molecule has 0 bridgehead atoms. The molecule has 5 rings (SSSR count). The van der Waals surface area contributed by atoms with Crippen molar-refractivity contribution in [2.75, 3.05) is 33.0 Å². The molecule has 3 fully saturated rings. The van der Waals surface area contributed by atoms with Crippen LogP contribution in [0.1, 0.15) is 97.0 Å². The van der Waals surface area contributed by atoms with Crippen LogP contribution in [0.4, 0.5) is 0 Å². The van der Waals surface area contributed by atoms with E-state index >= 15 is 0 Å². The number of hydrogen-bond acceptors (Lipinski definition) is 7. The second-order valence-corrected chi connectivity index (χ2v) is 15.2. The smallest absolute Gasteiger partial charge is 0.329 e. The molecule has 8 nitrogen and oxygen atoms in total. The van der Waals surface area contributed by atoms with Crippen LogP contribution in [0.25, 0.3) is 0 Å². The number of carboxylic acid groups (broad SMARTS) is 1. The molecule has 1 aromatic carbocycles. The summed E-state index contributed by atoms with van der Waals surface area (Å²) in [4.78, 5) is 11.3. The van der Waals surface area contributed by atoms with Gasteiger partial charge in [-0.05, 0) is 108 Å². The first kappa shape index (κ1) is 38.9. The Balaban J connectivity index is 1.32. The molecule has 2 heterocycles. The normalized spacial score (nSPS) is 28.6. The van der Waals surface area contributed by atoms with Gasteiger partial charge < -0.3 is 33.5 Å². The topological polar surface area (TPSA) is 92.7 Å². The van der Waals surface area contributed by atoms with Crippen molar-refractivity contribution >= 4 is 5.97 Å². The van der Waals surface area contributed by atoms with E-state index in [1.165, 1.54) is 11.1 Å². The molecule has 2 aliphatic carbocycles. The summed E-state index contributed by atoms with van der Waals surface area (Å²) in [5.74, 6) is 0.496. The SMILES string of the molecule is CC(C)=CCCC(C)C[C@@H](/C=C/[C@@H]1[C@H]2C=C(C(COCC(=O)O)COCc3ccccc3)C[C@H]2C[C@H]1OC1CCCCO1)OC1CCCCO1. The van der Waals surface area contributed by atoms with Crippen LogP contribution in [0.5, 0.6) is 0 Å². The largest absolute Gasteiger partial charge is 0.480 e. The second-order valence-electron chi connectivity index (χ2n) is 15.2. The van der Waals surface area contributed by atoms with Crippen LogP contribution in [0.3, 0.4) is 0 Å². The predicted molar refractivity (Wildman–Crippen MR) is 194 cm³/mol. The summed E-state index contributed by atoms with van der Waals surface area (Å²) in [5.41, 5.74) is 3.79. The maximum Gasteiger partial charge on any atom is 0.329 e. The number of rotatable bonds is 20. The first-order valence-electron chi connectivity index (χ1n) is 19.3. The standard InChI is InChI=1S/C42H62O8/c1-30(2)12-11-13-31(3)22-36(49-41-16-7-9-20-47-41)18-19-37-38-24-33(23-34(38)25-39(37)50-42-17-8-10-21-48-42)35(28-46-29-40(43)44)27-45-26-32-14-5-4-6-15-32/h4-6,12,14-15,18-19,24,31,34-39,41-42H,7-11,13,16-17,20-23,25-29H2,1-3H3,(H,43,44)/b19-18+/t31?,34-,35?,36+,37+,38-,39+,41?,42?/m0/s1. The number of ether oxygens (including phenoxy) is 6. The minimum absolute atomic E-state index is 0.00414. The van der Waals surface area contributed by atoms with Gasteiger partial charge in [0.05, 0.1) is 32.0 Å². The number of carbonyl (C=O) groups is 1. The van der Waals surface area contributed by atoms with Crippen LogP contribution in [0.2, 0.25) is 0 Å². The zero-order valence-corrected chi connectivity index (χ0v) is 30.7. The summed E-state index contributed by atoms with van der Waals surface area (Å²) in [5, 5.41) is 9.25. The Bertz CT molecular complexity index is 1230. The van der Waals surface area contributed by atoms with E-state index in [0.717, 1.165) is 89.4 Å². The van der Waals surface area contributed by atoms with Gasteiger partial charge in [0.25, 0.3) is 0 Å². The molecule has 8 heteroatoms. The molecular formula is C42H62O8. The van der Waals surface area contributed by atoms with Crippen LogP contribution in [0.15, 0.2) is 65.8 Å². The quantitative estimate of drug-likeness (QED) is 0.136. The van der Waals surface area contributed by atoms with Crippen LogP contribution in [0, 0.1) is 29.6 Å². The Morgan fingerprint density at radius 2 is 1.74 bits per heavy atom. The maximum absolute atomic E-state index is 11.3. The number of benzene rings is 1. The van der Waals surface area contributed by atoms with E-state index in [2.05, 4.69) is 57.2 Å². The summed E-state index contributed by atoms with van der Waals surface area (Å²) in [6.07, 6.45) is 20.6. The first-order valence-corrected chi connectivity index (χ1v) is 19.3. The molecule has 50 heavy (non-hydrogen) atoms. The predicted octanol–water partition coefficient (Wildman–Crippen LogP) is 8.66. The fourth-order valence-electron chi connectivity index (χ4n) is 8.03. The minimum atomic E-state index is -0.956. The van der Waals surface area contributed by atoms with Crippen molar-refractivity contribution in [1.82, 2.24) is 0 Å². The number of carboxylic acids is 1. The lowest BCUT2D eigenvalue weighted by atomic mass is 9.90. The summed E-state index contributed by atoms with van der Waals surface area (Å²) < 4.78 is 37.4. The average molecular weight is 695 g/mol. The van der Waals surface area contributed by atoms with E-state index in [1.807, 2.05) is 18.2 Å². The van der Waals surface area contributed by atoms with E-state index < -0.39 is 5.97 Å². The van der Waals surface area contributed by atoms with Crippen LogP contribution in [-0.4, -0.2) is 68.9 Å². The highest BCUT2D eigenvalue weighted by atomic mass is 16.7. The zero-order valence-electron chi connectivity index (χ0n) is 30.7. The molecule has 0 spiro atoms. The Morgan fingerprint density at radius 1 is 1.00 bits per heavy atom. The highest BCUT2D eigenvalue weighted by molar-refractivity contribution is 5.68. The van der Waals surface area contributed by atoms with Gasteiger partial charge in [0, 0.05) is 25.0 Å². The lowest BCUT2D eigenvalue weighted by molar-refractivity contribution is -0.192. The van der Waals surface area contributed by atoms with Crippen LogP contribution in [-0.2, 0) is 39.8 Å². The summed E-state index contributed by atoms with van der Waals surface area (Å²) in [6.45, 7) is 9.20. The Hall–Kier alpha value is -2.33. The van der Waals surface area contributed by atoms with Gasteiger partial charge in [0.2, 0.25) is 0 Å². The van der Waals surface area contributed by atoms with Crippen molar-refractivity contribution in [2.24, 2.45) is 29.6 Å². The van der Waals surface area contributed by atoms with E-state index in [1.54, 1.807) is 0 Å². The molecule has 278 valence electrons. The molecule has 0 aromatic heterocycles. The number of hydrogen-bond donors (Lipinski definition) is 1. The number of fused-ring (bicyclic) bond motifs is 1. The maximum atomic E-state index is 11.3. The molecule has 0 amide bonds. The molecule has 1 aromatic rings. The molecule has 4 aliphatic rings. The van der Waals surface area contributed by atoms with Gasteiger partial charge in [-0.1, -0.05) is 72.7 Å². The molecule has 0 radical (unpaired) electrons. The summed E-state index contributed by atoms with van der Waals surface area (Å²) >= 11 is 0. The van der Waals surface area contributed by atoms with E-state index in [0.29, 0.717) is 37.6 Å². The van der Waals surface area contributed by atoms with Gasteiger partial charge in [-0.25, -0.2) is 4.79 Å². The fraction of sp³-hybridized carbons (Fsp3) is 0.690. The van der Waals surface area contributed by atoms with E-state index in [9.17, 15) is 9.90 Å². The number of allylic oxidation sites excluding steroid dienone is 3. The van der Waals surface area contributed by atoms with Crippen molar-refractivity contribution in [2.45, 2.75) is 123 Å². The van der Waals surface area contributed by atoms with Gasteiger partial charge in [-0.3, -0.25) is 0 Å². The lowest BCUT2D eigenvalue weighted by Crippen LogP contribution is -2.31. The molecule has 1 saturated carbocycles. The second kappa shape index (κ2) is 20.6. The number of aliphatic carboxylic acids is 1. The molecule has 1 N–H and O–H groups in total. The molecular weight excluding hydrogens is 632 g/mol. The van der Waals surface area contributed by atoms with Crippen molar-refractivity contribution in [3.05, 3.63) is 71.3 Å². The van der Waals surface area contributed by atoms with Crippen LogP contribution < -0.4 is 0 Å². The van der Waals surface area contributed by atoms with Gasteiger partial charge in [-0.15, -0.1) is 0 Å². The Kier molecular flexibility index (Phi) is 16.1. The summed E-state index contributed by atoms with van der Waals surface area (Å²) in [7, 11) is 0. The lowest BCUT2D eigenvalue weighted by Gasteiger charge is -2.30. The Labute approximate surface area is 300 Å². The van der Waals surface area contributed by atoms with Crippen molar-refractivity contribution in [1.29, 1.82) is 0 Å². The third-order valence-corrected chi connectivity index (χ3v) is 10.7. The highest BCUT2D eigenvalue weighted by Crippen LogP contribution is 2.50. The van der Waals surface area contributed by atoms with Crippen molar-refractivity contribution < 1.29 is 38.3 Å². The van der Waals surface area contributed by atoms with E-state index in [-0.39, 0.29) is 43.2 Å². The monoisotopic (exact) mass is 694 g/mol. The molecule has 2 saturated heterocycles. The zero-order chi connectivity index (χ0) is 35.1. The van der Waals surface area contributed by atoms with Crippen molar-refractivity contribution in [3.8, 4) is 0 Å². The van der Waals surface area contributed by atoms with Gasteiger partial charge in [0.1, 0.15) is 6.61 Å². The third kappa shape index (κ3) is 12.7. The van der Waals surface area contributed by atoms with Gasteiger partial charge in [-0.2, -0.15) is 0 Å². The fourth-order valence-corrected chi connectivity index (χ4v) is 8.03. The molecule has 4 unspecified atom stereocenters. The van der Waals surface area contributed by atoms with Crippen LogP contribution >= 0.6 is 0 Å². The summed E-state index contributed by atoms with van der Waals surface area (Å²) in [6, 6.07) is 10.1. The molecule has 2 aliphatic heterocycles. The minimum Gasteiger partial charge on any atom is -0.480 e. The molecule has 9 atom stereocenters.